The van der Waals surface area contributed by atoms with Gasteiger partial charge in [0, 0.05) is 0 Å². The summed E-state index contributed by atoms with van der Waals surface area (Å²) in [7, 11) is 1.65. The van der Waals surface area contributed by atoms with E-state index in [-0.39, 0.29) is 0 Å². The van der Waals surface area contributed by atoms with Crippen molar-refractivity contribution < 1.29 is 9.47 Å². The van der Waals surface area contributed by atoms with E-state index in [9.17, 15) is 0 Å². The van der Waals surface area contributed by atoms with Gasteiger partial charge in [-0.3, -0.25) is 0 Å². The number of hydrogen-bond donors (Lipinski definition) is 0. The normalized spacial score (nSPS) is 9.77. The van der Waals surface area contributed by atoms with Crippen LogP contribution in [-0.2, 0) is 0 Å². The fourth-order valence-electron chi connectivity index (χ4n) is 1.18. The molecule has 1 rings (SSSR count). The molecule has 0 heterocycles. The molecule has 2 heteroatoms. The van der Waals surface area contributed by atoms with Gasteiger partial charge in [-0.2, -0.15) is 0 Å². The molecule has 0 unspecified atom stereocenters. The summed E-state index contributed by atoms with van der Waals surface area (Å²) < 4.78 is 10.7. The van der Waals surface area contributed by atoms with Crippen LogP contribution >= 0.6 is 0 Å². The highest BCUT2D eigenvalue weighted by atomic mass is 16.5. The van der Waals surface area contributed by atoms with Crippen LogP contribution in [0.5, 0.6) is 11.5 Å². The Morgan fingerprint density at radius 2 is 2.15 bits per heavy atom. The van der Waals surface area contributed by atoms with Gasteiger partial charge in [-0.05, 0) is 31.9 Å². The number of methoxy groups -OCH3 is 1. The first-order valence-electron chi connectivity index (χ1n) is 4.35. The van der Waals surface area contributed by atoms with E-state index in [0.29, 0.717) is 6.61 Å². The molecule has 0 aliphatic heterocycles. The fraction of sp³-hybridized carbons (Fsp3) is 0.364. The summed E-state index contributed by atoms with van der Waals surface area (Å²) in [5, 5.41) is 0. The lowest BCUT2D eigenvalue weighted by molar-refractivity contribution is 0.298. The van der Waals surface area contributed by atoms with Crippen LogP contribution in [0, 0.1) is 13.8 Å². The van der Waals surface area contributed by atoms with Crippen LogP contribution in [-0.4, -0.2) is 13.7 Å². The van der Waals surface area contributed by atoms with Crippen molar-refractivity contribution >= 4 is 0 Å². The molecule has 1 aromatic carbocycles. The Morgan fingerprint density at radius 1 is 1.38 bits per heavy atom. The van der Waals surface area contributed by atoms with Crippen molar-refractivity contribution in [3.63, 3.8) is 0 Å². The molecule has 0 aliphatic rings. The second-order valence-electron chi connectivity index (χ2n) is 2.81. The van der Waals surface area contributed by atoms with Crippen LogP contribution in [0.1, 0.15) is 12.0 Å². The van der Waals surface area contributed by atoms with Gasteiger partial charge in [0.2, 0.25) is 0 Å². The lowest BCUT2D eigenvalue weighted by Gasteiger charge is -2.11. The van der Waals surface area contributed by atoms with E-state index in [1.165, 1.54) is 0 Å². The molecule has 1 radical (unpaired) electrons. The van der Waals surface area contributed by atoms with Crippen molar-refractivity contribution in [3.8, 4) is 11.5 Å². The van der Waals surface area contributed by atoms with E-state index in [2.05, 4.69) is 6.92 Å². The second-order valence-corrected chi connectivity index (χ2v) is 2.81. The Bertz CT molecular complexity index is 269. The van der Waals surface area contributed by atoms with E-state index in [0.717, 1.165) is 23.5 Å². The van der Waals surface area contributed by atoms with E-state index in [1.807, 2.05) is 25.1 Å². The lowest BCUT2D eigenvalue weighted by Crippen LogP contribution is -1.98. The number of hydrogen-bond acceptors (Lipinski definition) is 2. The van der Waals surface area contributed by atoms with Crippen LogP contribution in [0.4, 0.5) is 0 Å². The first-order chi connectivity index (χ1) is 6.29. The Balaban J connectivity index is 2.85. The third-order valence-electron chi connectivity index (χ3n) is 1.78. The minimum atomic E-state index is 0.625. The quantitative estimate of drug-likeness (QED) is 0.707. The topological polar surface area (TPSA) is 18.5 Å². The Hall–Kier alpha value is -1.18. The van der Waals surface area contributed by atoms with Gasteiger partial charge in [0.05, 0.1) is 13.7 Å². The summed E-state index contributed by atoms with van der Waals surface area (Å²) in [6.45, 7) is 6.33. The van der Waals surface area contributed by atoms with E-state index < -0.39 is 0 Å². The van der Waals surface area contributed by atoms with Gasteiger partial charge in [-0.25, -0.2) is 0 Å². The SMILES string of the molecule is [CH2]CCOc1cccc(C)c1OC. The van der Waals surface area contributed by atoms with Gasteiger partial charge < -0.3 is 9.47 Å². The third-order valence-corrected chi connectivity index (χ3v) is 1.78. The molecule has 0 spiro atoms. The molecular weight excluding hydrogens is 164 g/mol. The highest BCUT2D eigenvalue weighted by Crippen LogP contribution is 2.30. The second kappa shape index (κ2) is 4.75. The zero-order valence-corrected chi connectivity index (χ0v) is 8.17. The predicted octanol–water partition coefficient (Wildman–Crippen LogP) is 2.61. The summed E-state index contributed by atoms with van der Waals surface area (Å²) in [4.78, 5) is 0. The molecule has 0 fully saturated rings. The van der Waals surface area contributed by atoms with E-state index in [1.54, 1.807) is 7.11 Å². The maximum atomic E-state index is 5.47. The standard InChI is InChI=1S/C11H15O2/c1-4-8-13-10-7-5-6-9(2)11(10)12-3/h5-7H,1,4,8H2,2-3H3. The van der Waals surface area contributed by atoms with Gasteiger partial charge in [0.15, 0.2) is 11.5 Å². The van der Waals surface area contributed by atoms with Gasteiger partial charge in [0.1, 0.15) is 0 Å². The van der Waals surface area contributed by atoms with Gasteiger partial charge in [0.25, 0.3) is 0 Å². The molecule has 2 nitrogen and oxygen atoms in total. The molecule has 0 aromatic heterocycles. The molecule has 0 aliphatic carbocycles. The highest BCUT2D eigenvalue weighted by Gasteiger charge is 2.05. The minimum Gasteiger partial charge on any atom is -0.493 e. The number of ether oxygens (including phenoxy) is 2. The fourth-order valence-corrected chi connectivity index (χ4v) is 1.18. The number of rotatable bonds is 4. The summed E-state index contributed by atoms with van der Waals surface area (Å²) in [6, 6.07) is 5.85. The predicted molar refractivity (Wildman–Crippen MR) is 53.2 cm³/mol. The molecule has 0 amide bonds. The van der Waals surface area contributed by atoms with Crippen LogP contribution in [0.15, 0.2) is 18.2 Å². The maximum absolute atomic E-state index is 5.47. The monoisotopic (exact) mass is 179 g/mol. The smallest absolute Gasteiger partial charge is 0.163 e. The Morgan fingerprint density at radius 3 is 2.77 bits per heavy atom. The first-order valence-corrected chi connectivity index (χ1v) is 4.35. The first kappa shape index (κ1) is 9.90. The third kappa shape index (κ3) is 2.38. The maximum Gasteiger partial charge on any atom is 0.163 e. The molecule has 71 valence electrons. The van der Waals surface area contributed by atoms with Crippen LogP contribution in [0.3, 0.4) is 0 Å². The van der Waals surface area contributed by atoms with Crippen LogP contribution in [0.2, 0.25) is 0 Å². The molecule has 13 heavy (non-hydrogen) atoms. The molecule has 0 atom stereocenters. The van der Waals surface area contributed by atoms with Crippen molar-refractivity contribution in [2.75, 3.05) is 13.7 Å². The number of benzene rings is 1. The van der Waals surface area contributed by atoms with Crippen molar-refractivity contribution in [2.24, 2.45) is 0 Å². The number of para-hydroxylation sites is 1. The summed E-state index contributed by atoms with van der Waals surface area (Å²) in [5.74, 6) is 1.61. The van der Waals surface area contributed by atoms with Gasteiger partial charge in [-0.15, -0.1) is 0 Å². The average molecular weight is 179 g/mol. The zero-order chi connectivity index (χ0) is 9.68. The van der Waals surface area contributed by atoms with Crippen LogP contribution < -0.4 is 9.47 Å². The average Bonchev–Trinajstić information content (AvgIpc) is 2.15. The largest absolute Gasteiger partial charge is 0.493 e. The van der Waals surface area contributed by atoms with Gasteiger partial charge >= 0.3 is 0 Å². The Labute approximate surface area is 79.5 Å². The zero-order valence-electron chi connectivity index (χ0n) is 8.17. The molecule has 0 N–H and O–H groups in total. The number of aryl methyl sites for hydroxylation is 1. The minimum absolute atomic E-state index is 0.625. The molecular formula is C11H15O2. The lowest BCUT2D eigenvalue weighted by atomic mass is 10.2. The summed E-state index contributed by atoms with van der Waals surface area (Å²) in [5.41, 5.74) is 1.09. The van der Waals surface area contributed by atoms with Crippen molar-refractivity contribution in [1.82, 2.24) is 0 Å². The molecule has 1 aromatic rings. The van der Waals surface area contributed by atoms with Crippen LogP contribution in [0.25, 0.3) is 0 Å². The van der Waals surface area contributed by atoms with Crippen molar-refractivity contribution in [3.05, 3.63) is 30.7 Å². The highest BCUT2D eigenvalue weighted by molar-refractivity contribution is 5.45. The van der Waals surface area contributed by atoms with Crippen molar-refractivity contribution in [1.29, 1.82) is 0 Å². The molecule has 0 bridgehead atoms. The van der Waals surface area contributed by atoms with E-state index >= 15 is 0 Å². The van der Waals surface area contributed by atoms with E-state index in [4.69, 9.17) is 9.47 Å². The summed E-state index contributed by atoms with van der Waals surface area (Å²) >= 11 is 0. The summed E-state index contributed by atoms with van der Waals surface area (Å²) in [6.07, 6.45) is 0.761. The Kier molecular flexibility index (Phi) is 3.62. The molecule has 0 saturated carbocycles. The molecule has 0 saturated heterocycles. The van der Waals surface area contributed by atoms with Gasteiger partial charge in [-0.1, -0.05) is 12.1 Å². The van der Waals surface area contributed by atoms with Crippen molar-refractivity contribution in [2.45, 2.75) is 13.3 Å².